The van der Waals surface area contributed by atoms with E-state index in [-0.39, 0.29) is 6.04 Å². The monoisotopic (exact) mass is 383 g/mol. The molecule has 2 aliphatic rings. The van der Waals surface area contributed by atoms with Gasteiger partial charge in [0.25, 0.3) is 10.1 Å². The highest BCUT2D eigenvalue weighted by molar-refractivity contribution is 7.86. The van der Waals surface area contributed by atoms with Crippen LogP contribution in [-0.2, 0) is 19.0 Å². The molecular weight excluding hydrogens is 358 g/mol. The average Bonchev–Trinajstić information content (AvgIpc) is 3.07. The lowest BCUT2D eigenvalue weighted by Gasteiger charge is -2.46. The average molecular weight is 383 g/mol. The van der Waals surface area contributed by atoms with E-state index in [1.807, 2.05) is 13.8 Å². The number of methoxy groups -OCH3 is 1. The number of nitrogens with zero attached hydrogens (tertiary/aromatic N) is 1. The molecule has 1 aromatic carbocycles. The Labute approximate surface area is 154 Å². The van der Waals surface area contributed by atoms with E-state index in [2.05, 4.69) is 4.90 Å². The molecule has 8 heteroatoms. The molecule has 0 radical (unpaired) electrons. The first-order chi connectivity index (χ1) is 12.1. The molecule has 144 valence electrons. The van der Waals surface area contributed by atoms with Crippen molar-refractivity contribution in [2.75, 3.05) is 26.5 Å². The van der Waals surface area contributed by atoms with Crippen molar-refractivity contribution in [1.29, 1.82) is 0 Å². The van der Waals surface area contributed by atoms with Crippen LogP contribution < -0.4 is 4.74 Å². The Kier molecular flexibility index (Phi) is 5.02. The lowest BCUT2D eigenvalue weighted by Crippen LogP contribution is -2.55. The molecule has 7 nitrogen and oxygen atoms in total. The van der Waals surface area contributed by atoms with E-state index in [9.17, 15) is 13.2 Å². The molecule has 0 bridgehead atoms. The molecule has 1 aromatic rings. The van der Waals surface area contributed by atoms with Gasteiger partial charge in [0.05, 0.1) is 25.0 Å². The molecule has 0 aliphatic carbocycles. The van der Waals surface area contributed by atoms with Gasteiger partial charge in [0.2, 0.25) is 0 Å². The standard InChI is InChI=1S/C18H25NO6S/c1-18(2)16(25-26(4,21)22)15(19-9-5-6-10-19)13-11-12(17(20)23-3)7-8-14(13)24-18/h7-8,11,15-16H,5-6,9-10H2,1-4H3/t15-,16+/m1/s1. The molecule has 2 atom stereocenters. The van der Waals surface area contributed by atoms with E-state index in [1.165, 1.54) is 7.11 Å². The maximum Gasteiger partial charge on any atom is 0.337 e. The predicted molar refractivity (Wildman–Crippen MR) is 95.8 cm³/mol. The molecule has 2 aliphatic heterocycles. The van der Waals surface area contributed by atoms with Crippen LogP contribution in [0, 0.1) is 0 Å². The number of fused-ring (bicyclic) bond motifs is 1. The minimum Gasteiger partial charge on any atom is -0.485 e. The summed E-state index contributed by atoms with van der Waals surface area (Å²) in [5.74, 6) is 0.186. The number of benzene rings is 1. The van der Waals surface area contributed by atoms with Crippen LogP contribution in [0.1, 0.15) is 48.7 Å². The predicted octanol–water partition coefficient (Wildman–Crippen LogP) is 2.13. The lowest BCUT2D eigenvalue weighted by molar-refractivity contribution is -0.0725. The zero-order valence-corrected chi connectivity index (χ0v) is 16.3. The summed E-state index contributed by atoms with van der Waals surface area (Å²) < 4.78 is 40.2. The summed E-state index contributed by atoms with van der Waals surface area (Å²) in [6.07, 6.45) is 2.39. The second-order valence-electron chi connectivity index (χ2n) is 7.36. The van der Waals surface area contributed by atoms with E-state index in [1.54, 1.807) is 18.2 Å². The lowest BCUT2D eigenvalue weighted by atomic mass is 9.85. The third kappa shape index (κ3) is 3.72. The van der Waals surface area contributed by atoms with Gasteiger partial charge in [-0.3, -0.25) is 9.08 Å². The maximum absolute atomic E-state index is 12.0. The second kappa shape index (κ2) is 6.83. The number of ether oxygens (including phenoxy) is 2. The molecule has 0 unspecified atom stereocenters. The molecule has 26 heavy (non-hydrogen) atoms. The molecule has 0 amide bonds. The first-order valence-electron chi connectivity index (χ1n) is 8.66. The molecule has 2 heterocycles. The van der Waals surface area contributed by atoms with Crippen LogP contribution in [0.4, 0.5) is 0 Å². The Morgan fingerprint density at radius 2 is 1.92 bits per heavy atom. The molecule has 0 aromatic heterocycles. The highest BCUT2D eigenvalue weighted by atomic mass is 32.2. The molecule has 0 spiro atoms. The second-order valence-corrected chi connectivity index (χ2v) is 8.96. The fourth-order valence-corrected chi connectivity index (χ4v) is 4.48. The number of carbonyl (C=O) groups is 1. The highest BCUT2D eigenvalue weighted by Gasteiger charge is 2.49. The number of rotatable bonds is 4. The Morgan fingerprint density at radius 3 is 2.50 bits per heavy atom. The Hall–Kier alpha value is -1.64. The van der Waals surface area contributed by atoms with E-state index in [0.29, 0.717) is 11.3 Å². The van der Waals surface area contributed by atoms with Crippen molar-refractivity contribution >= 4 is 16.1 Å². The van der Waals surface area contributed by atoms with E-state index in [4.69, 9.17) is 13.7 Å². The van der Waals surface area contributed by atoms with Crippen LogP contribution in [0.3, 0.4) is 0 Å². The zero-order chi connectivity index (χ0) is 19.1. The third-order valence-corrected chi connectivity index (χ3v) is 5.46. The largest absolute Gasteiger partial charge is 0.485 e. The smallest absolute Gasteiger partial charge is 0.337 e. The van der Waals surface area contributed by atoms with Crippen molar-refractivity contribution in [3.8, 4) is 5.75 Å². The van der Waals surface area contributed by atoms with Crippen LogP contribution >= 0.6 is 0 Å². The molecule has 1 saturated heterocycles. The van der Waals surface area contributed by atoms with Crippen LogP contribution in [-0.4, -0.2) is 57.4 Å². The summed E-state index contributed by atoms with van der Waals surface area (Å²) in [4.78, 5) is 14.2. The number of hydrogen-bond acceptors (Lipinski definition) is 7. The summed E-state index contributed by atoms with van der Waals surface area (Å²) in [5, 5.41) is 0. The Morgan fingerprint density at radius 1 is 1.27 bits per heavy atom. The van der Waals surface area contributed by atoms with Crippen molar-refractivity contribution in [1.82, 2.24) is 4.90 Å². The van der Waals surface area contributed by atoms with Gasteiger partial charge in [-0.2, -0.15) is 8.42 Å². The zero-order valence-electron chi connectivity index (χ0n) is 15.5. The number of likely N-dealkylation sites (tertiary alicyclic amines) is 1. The van der Waals surface area contributed by atoms with Gasteiger partial charge >= 0.3 is 5.97 Å². The molecular formula is C18H25NO6S. The third-order valence-electron chi connectivity index (χ3n) is 4.91. The Balaban J connectivity index is 2.12. The summed E-state index contributed by atoms with van der Waals surface area (Å²) >= 11 is 0. The number of esters is 1. The van der Waals surface area contributed by atoms with E-state index in [0.717, 1.165) is 37.8 Å². The van der Waals surface area contributed by atoms with Gasteiger partial charge in [-0.05, 0) is 58.0 Å². The van der Waals surface area contributed by atoms with Crippen LogP contribution in [0.5, 0.6) is 5.75 Å². The molecule has 3 rings (SSSR count). The number of hydrogen-bond donors (Lipinski definition) is 0. The van der Waals surface area contributed by atoms with Gasteiger partial charge in [0.15, 0.2) is 0 Å². The van der Waals surface area contributed by atoms with Crippen LogP contribution in [0.15, 0.2) is 18.2 Å². The molecule has 0 N–H and O–H groups in total. The SMILES string of the molecule is COC(=O)c1ccc2c(c1)[C@@H](N1CCCC1)[C@H](OS(C)(=O)=O)C(C)(C)O2. The first-order valence-corrected chi connectivity index (χ1v) is 10.5. The van der Waals surface area contributed by atoms with Gasteiger partial charge in [-0.15, -0.1) is 0 Å². The van der Waals surface area contributed by atoms with Crippen molar-refractivity contribution < 1.29 is 26.9 Å². The van der Waals surface area contributed by atoms with Crippen molar-refractivity contribution in [2.24, 2.45) is 0 Å². The fraction of sp³-hybridized carbons (Fsp3) is 0.611. The van der Waals surface area contributed by atoms with Crippen LogP contribution in [0.2, 0.25) is 0 Å². The van der Waals surface area contributed by atoms with Gasteiger partial charge in [-0.1, -0.05) is 0 Å². The minimum atomic E-state index is -3.69. The summed E-state index contributed by atoms with van der Waals surface area (Å²) in [6.45, 7) is 5.32. The summed E-state index contributed by atoms with van der Waals surface area (Å²) in [7, 11) is -2.36. The number of carbonyl (C=O) groups excluding carboxylic acids is 1. The van der Waals surface area contributed by atoms with Gasteiger partial charge in [0, 0.05) is 5.56 Å². The summed E-state index contributed by atoms with van der Waals surface area (Å²) in [6, 6.07) is 4.79. The van der Waals surface area contributed by atoms with Gasteiger partial charge in [-0.25, -0.2) is 4.79 Å². The van der Waals surface area contributed by atoms with E-state index >= 15 is 0 Å². The van der Waals surface area contributed by atoms with E-state index < -0.39 is 27.8 Å². The first kappa shape index (κ1) is 19.1. The topological polar surface area (TPSA) is 82.1 Å². The normalized spacial score (nSPS) is 25.4. The van der Waals surface area contributed by atoms with Crippen molar-refractivity contribution in [3.63, 3.8) is 0 Å². The van der Waals surface area contributed by atoms with Crippen molar-refractivity contribution in [2.45, 2.75) is 44.4 Å². The van der Waals surface area contributed by atoms with Gasteiger partial charge < -0.3 is 9.47 Å². The molecule has 0 saturated carbocycles. The Bertz CT molecular complexity index is 798. The maximum atomic E-state index is 12.0. The van der Waals surface area contributed by atoms with Crippen LogP contribution in [0.25, 0.3) is 0 Å². The summed E-state index contributed by atoms with van der Waals surface area (Å²) in [5.41, 5.74) is 0.301. The quantitative estimate of drug-likeness (QED) is 0.582. The highest BCUT2D eigenvalue weighted by Crippen LogP contribution is 2.46. The minimum absolute atomic E-state index is 0.324. The van der Waals surface area contributed by atoms with Crippen molar-refractivity contribution in [3.05, 3.63) is 29.3 Å². The van der Waals surface area contributed by atoms with Gasteiger partial charge in [0.1, 0.15) is 17.5 Å². The molecule has 1 fully saturated rings. The fourth-order valence-electron chi connectivity index (χ4n) is 3.77.